The molecule has 0 spiro atoms. The first kappa shape index (κ1) is 26.5. The Kier molecular flexibility index (Phi) is 6.44. The number of phenols is 2. The van der Waals surface area contributed by atoms with Gasteiger partial charge in [-0.1, -0.05) is 24.3 Å². The van der Waals surface area contributed by atoms with Crippen LogP contribution >= 0.6 is 0 Å². The molecule has 38 heavy (non-hydrogen) atoms. The lowest BCUT2D eigenvalue weighted by molar-refractivity contribution is -0.256. The Bertz CT molecular complexity index is 1350. The summed E-state index contributed by atoms with van der Waals surface area (Å²) in [4.78, 5) is 41.1. The molecule has 1 saturated heterocycles. The minimum atomic E-state index is -1.96. The number of rotatable bonds is 4. The predicted octanol–water partition coefficient (Wildman–Crippen LogP) is 1.62. The van der Waals surface area contributed by atoms with Crippen LogP contribution in [0, 0.1) is 0 Å². The van der Waals surface area contributed by atoms with E-state index in [1.165, 1.54) is 19.1 Å². The van der Waals surface area contributed by atoms with Gasteiger partial charge in [-0.3, -0.25) is 14.4 Å². The molecular weight excluding hydrogens is 494 g/mol. The summed E-state index contributed by atoms with van der Waals surface area (Å²) in [6, 6.07) is 5.80. The van der Waals surface area contributed by atoms with Crippen molar-refractivity contribution in [1.82, 2.24) is 4.90 Å². The number of hydrogen-bond donors (Lipinski definition) is 4. The van der Waals surface area contributed by atoms with Gasteiger partial charge < -0.3 is 34.8 Å². The van der Waals surface area contributed by atoms with Crippen LogP contribution in [0.25, 0.3) is 0 Å². The van der Waals surface area contributed by atoms with Crippen molar-refractivity contribution in [3.05, 3.63) is 57.6 Å². The van der Waals surface area contributed by atoms with Crippen molar-refractivity contribution in [2.45, 2.75) is 69.4 Å². The van der Waals surface area contributed by atoms with Crippen molar-refractivity contribution in [2.24, 2.45) is 0 Å². The van der Waals surface area contributed by atoms with Gasteiger partial charge in [0.1, 0.15) is 17.1 Å². The van der Waals surface area contributed by atoms with Crippen LogP contribution in [0.15, 0.2) is 24.3 Å². The molecule has 2 aliphatic carbocycles. The van der Waals surface area contributed by atoms with E-state index < -0.39 is 59.1 Å². The van der Waals surface area contributed by atoms with Crippen molar-refractivity contribution in [3.8, 4) is 11.5 Å². The molecule has 0 aromatic heterocycles. The number of aliphatic hydroxyl groups is 2. The fraction of sp³-hybridized carbons (Fsp3) is 0.464. The molecule has 6 atom stereocenters. The Balaban J connectivity index is 1.64. The van der Waals surface area contributed by atoms with Crippen molar-refractivity contribution in [2.75, 3.05) is 14.1 Å². The Hall–Kier alpha value is -3.15. The lowest BCUT2D eigenvalue weighted by Gasteiger charge is -2.44. The highest BCUT2D eigenvalue weighted by Gasteiger charge is 2.49. The molecule has 202 valence electrons. The van der Waals surface area contributed by atoms with E-state index in [1.54, 1.807) is 19.1 Å². The molecule has 5 rings (SSSR count). The quantitative estimate of drug-likeness (QED) is 0.370. The van der Waals surface area contributed by atoms with E-state index in [-0.39, 0.29) is 58.7 Å². The molecule has 2 aromatic carbocycles. The monoisotopic (exact) mass is 525 g/mol. The van der Waals surface area contributed by atoms with E-state index in [4.69, 9.17) is 9.47 Å². The first-order valence-corrected chi connectivity index (χ1v) is 12.5. The summed E-state index contributed by atoms with van der Waals surface area (Å²) in [5.74, 6) is -2.97. The molecule has 0 bridgehead atoms. The third-order valence-electron chi connectivity index (χ3n) is 8.08. The number of aromatic hydroxyl groups is 2. The molecule has 0 saturated carbocycles. The van der Waals surface area contributed by atoms with Gasteiger partial charge in [0.15, 0.2) is 23.6 Å². The first-order valence-electron chi connectivity index (χ1n) is 12.5. The van der Waals surface area contributed by atoms with Crippen LogP contribution in [0.5, 0.6) is 11.5 Å². The number of carbonyl (C=O) groups excluding carboxylic acids is 3. The molecule has 2 aromatic rings. The fourth-order valence-electron chi connectivity index (χ4n) is 5.88. The van der Waals surface area contributed by atoms with Gasteiger partial charge in [0.2, 0.25) is 0 Å². The molecule has 0 unspecified atom stereocenters. The summed E-state index contributed by atoms with van der Waals surface area (Å²) >= 11 is 0. The number of aliphatic hydroxyl groups excluding tert-OH is 1. The second-order valence-electron chi connectivity index (χ2n) is 10.7. The number of ether oxygens (including phenoxy) is 2. The van der Waals surface area contributed by atoms with Crippen LogP contribution in [0.4, 0.5) is 0 Å². The third-order valence-corrected chi connectivity index (χ3v) is 8.08. The smallest absolute Gasteiger partial charge is 0.198 e. The van der Waals surface area contributed by atoms with E-state index in [0.29, 0.717) is 0 Å². The molecule has 0 radical (unpaired) electrons. The minimum Gasteiger partial charge on any atom is -0.507 e. The highest BCUT2D eigenvalue weighted by molar-refractivity contribution is 6.30. The van der Waals surface area contributed by atoms with Crippen molar-refractivity contribution in [3.63, 3.8) is 0 Å². The number of phenolic OH excluding ortho intramolecular Hbond substituents is 2. The van der Waals surface area contributed by atoms with Crippen molar-refractivity contribution >= 4 is 17.3 Å². The topological polar surface area (TPSA) is 154 Å². The molecule has 1 aliphatic heterocycles. The zero-order chi connectivity index (χ0) is 27.7. The lowest BCUT2D eigenvalue weighted by Crippen LogP contribution is -2.54. The Morgan fingerprint density at radius 2 is 1.66 bits per heavy atom. The summed E-state index contributed by atoms with van der Waals surface area (Å²) in [5.41, 5.74) is -2.50. The van der Waals surface area contributed by atoms with Gasteiger partial charge in [-0.2, -0.15) is 0 Å². The first-order chi connectivity index (χ1) is 17.9. The van der Waals surface area contributed by atoms with E-state index in [1.807, 2.05) is 19.0 Å². The number of benzene rings is 2. The summed E-state index contributed by atoms with van der Waals surface area (Å²) in [6.45, 7) is 2.90. The Morgan fingerprint density at radius 3 is 2.21 bits per heavy atom. The van der Waals surface area contributed by atoms with Crippen LogP contribution < -0.4 is 0 Å². The molecule has 4 N–H and O–H groups in total. The standard InChI is InChI=1S/C28H31NO9/c1-12-23(31)17(29(3)4)9-19(37-12)38-18-11-28(36,13(2)30)10-16-20(18)27(35)22-21(26(16)34)24(32)14-7-5-6-8-15(14)25(22)33/h5-8,12,17-19,23,31,34-36H,9-11H2,1-4H3/t12-,17-,18-,19-,23+,28-/m0/s1. The highest BCUT2D eigenvalue weighted by Crippen LogP contribution is 2.52. The van der Waals surface area contributed by atoms with Gasteiger partial charge in [0.05, 0.1) is 29.4 Å². The largest absolute Gasteiger partial charge is 0.507 e. The van der Waals surface area contributed by atoms with E-state index >= 15 is 0 Å². The average Bonchev–Trinajstić information content (AvgIpc) is 2.86. The zero-order valence-electron chi connectivity index (χ0n) is 21.6. The number of hydrogen-bond acceptors (Lipinski definition) is 10. The normalized spacial score (nSPS) is 30.6. The molecule has 0 amide bonds. The van der Waals surface area contributed by atoms with Crippen LogP contribution in [0.2, 0.25) is 0 Å². The SMILES string of the molecule is CC(=O)[C@]1(O)Cc2c(O)c3c(c(O)c2[C@@H](O[C@H]2C[C@H](N(C)C)[C@H](O)[C@H](C)O2)C1)C(=O)c1ccccc1C3=O. The highest BCUT2D eigenvalue weighted by atomic mass is 16.7. The Morgan fingerprint density at radius 1 is 1.08 bits per heavy atom. The summed E-state index contributed by atoms with van der Waals surface area (Å²) < 4.78 is 12.1. The van der Waals surface area contributed by atoms with Gasteiger partial charge in [-0.05, 0) is 27.9 Å². The lowest BCUT2D eigenvalue weighted by atomic mass is 9.72. The van der Waals surface area contributed by atoms with Gasteiger partial charge in [0.25, 0.3) is 0 Å². The van der Waals surface area contributed by atoms with Gasteiger partial charge >= 0.3 is 0 Å². The molecule has 3 aliphatic rings. The van der Waals surface area contributed by atoms with Gasteiger partial charge in [-0.15, -0.1) is 0 Å². The predicted molar refractivity (Wildman–Crippen MR) is 133 cm³/mol. The number of nitrogens with zero attached hydrogens (tertiary/aromatic N) is 1. The van der Waals surface area contributed by atoms with Crippen molar-refractivity contribution < 1.29 is 44.3 Å². The maximum atomic E-state index is 13.4. The summed E-state index contributed by atoms with van der Waals surface area (Å²) in [7, 11) is 3.62. The van der Waals surface area contributed by atoms with E-state index in [9.17, 15) is 34.8 Å². The molecule has 10 nitrogen and oxygen atoms in total. The maximum absolute atomic E-state index is 13.4. The van der Waals surface area contributed by atoms with E-state index in [0.717, 1.165) is 0 Å². The van der Waals surface area contributed by atoms with Crippen LogP contribution in [-0.2, 0) is 20.7 Å². The van der Waals surface area contributed by atoms with Crippen molar-refractivity contribution in [1.29, 1.82) is 0 Å². The summed E-state index contributed by atoms with van der Waals surface area (Å²) in [5, 5.41) is 44.6. The Labute approximate surface area is 219 Å². The number of likely N-dealkylation sites (N-methyl/N-ethyl adjacent to an activating group) is 1. The molecular formula is C28H31NO9. The number of carbonyl (C=O) groups is 3. The molecule has 1 heterocycles. The average molecular weight is 526 g/mol. The third kappa shape index (κ3) is 3.95. The number of Topliss-reactive ketones (excluding diaryl/α,β-unsaturated/α-hetero) is 1. The fourth-order valence-corrected chi connectivity index (χ4v) is 5.88. The maximum Gasteiger partial charge on any atom is 0.198 e. The molecule has 1 fully saturated rings. The molecule has 10 heteroatoms. The van der Waals surface area contributed by atoms with Crippen LogP contribution in [-0.4, -0.2) is 86.9 Å². The number of ketones is 3. The van der Waals surface area contributed by atoms with Gasteiger partial charge in [0, 0.05) is 47.6 Å². The van der Waals surface area contributed by atoms with E-state index in [2.05, 4.69) is 0 Å². The minimum absolute atomic E-state index is 0.0245. The summed E-state index contributed by atoms with van der Waals surface area (Å²) in [6.07, 6.45) is -3.87. The second-order valence-corrected chi connectivity index (χ2v) is 10.7. The number of fused-ring (bicyclic) bond motifs is 3. The second kappa shape index (κ2) is 9.25. The van der Waals surface area contributed by atoms with Gasteiger partial charge in [-0.25, -0.2) is 0 Å². The van der Waals surface area contributed by atoms with Crippen LogP contribution in [0.1, 0.15) is 75.8 Å². The zero-order valence-corrected chi connectivity index (χ0v) is 21.6. The van der Waals surface area contributed by atoms with Crippen LogP contribution in [0.3, 0.4) is 0 Å².